The van der Waals surface area contributed by atoms with E-state index in [9.17, 15) is 0 Å². The minimum atomic E-state index is 0.351. The number of rotatable bonds is 9. The highest BCUT2D eigenvalue weighted by atomic mass is 16.5. The first-order valence-corrected chi connectivity index (χ1v) is 8.23. The smallest absolute Gasteiger partial charge is 0.119 e. The van der Waals surface area contributed by atoms with Gasteiger partial charge >= 0.3 is 0 Å². The van der Waals surface area contributed by atoms with Crippen LogP contribution >= 0.6 is 0 Å². The van der Waals surface area contributed by atoms with Gasteiger partial charge in [-0.05, 0) is 36.6 Å². The van der Waals surface area contributed by atoms with Crippen molar-refractivity contribution in [1.29, 1.82) is 0 Å². The molecule has 0 aliphatic carbocycles. The summed E-state index contributed by atoms with van der Waals surface area (Å²) in [5.41, 5.74) is 3.90. The zero-order valence-electron chi connectivity index (χ0n) is 14.3. The molecule has 2 aromatic rings. The van der Waals surface area contributed by atoms with Gasteiger partial charge in [-0.25, -0.2) is 0 Å². The Morgan fingerprint density at radius 2 is 1.65 bits per heavy atom. The highest BCUT2D eigenvalue weighted by Gasteiger charge is 2.09. The van der Waals surface area contributed by atoms with Crippen molar-refractivity contribution in [2.75, 3.05) is 20.3 Å². The molecular weight excluding hydrogens is 286 g/mol. The van der Waals surface area contributed by atoms with Gasteiger partial charge in [-0.15, -0.1) is 0 Å². The van der Waals surface area contributed by atoms with Crippen molar-refractivity contribution in [2.45, 2.75) is 32.9 Å². The fraction of sp³-hybridized carbons (Fsp3) is 0.400. The highest BCUT2D eigenvalue weighted by Crippen LogP contribution is 2.21. The first kappa shape index (κ1) is 17.5. The average Bonchev–Trinajstić information content (AvgIpc) is 2.58. The number of ether oxygens (including phenoxy) is 2. The molecule has 3 heteroatoms. The Kier molecular flexibility index (Phi) is 7.11. The zero-order valence-corrected chi connectivity index (χ0v) is 14.3. The van der Waals surface area contributed by atoms with E-state index in [2.05, 4.69) is 55.6 Å². The fourth-order valence-corrected chi connectivity index (χ4v) is 2.48. The highest BCUT2D eigenvalue weighted by molar-refractivity contribution is 5.29. The standard InChI is InChI=1S/C20H27NO2/c1-4-20(21-15-17-7-5-16(2)6-8-17)18-9-11-19(12-10-18)23-14-13-22-3/h5-12,20-21H,4,13-15H2,1-3H3. The quantitative estimate of drug-likeness (QED) is 0.702. The van der Waals surface area contributed by atoms with Crippen molar-refractivity contribution in [3.8, 4) is 5.75 Å². The van der Waals surface area contributed by atoms with Crippen molar-refractivity contribution in [1.82, 2.24) is 5.32 Å². The minimum absolute atomic E-state index is 0.351. The molecule has 0 saturated carbocycles. The lowest BCUT2D eigenvalue weighted by molar-refractivity contribution is 0.146. The molecule has 23 heavy (non-hydrogen) atoms. The van der Waals surface area contributed by atoms with Crippen LogP contribution in [0.25, 0.3) is 0 Å². The van der Waals surface area contributed by atoms with E-state index in [0.717, 1.165) is 18.7 Å². The largest absolute Gasteiger partial charge is 0.491 e. The van der Waals surface area contributed by atoms with E-state index in [1.54, 1.807) is 7.11 Å². The van der Waals surface area contributed by atoms with E-state index >= 15 is 0 Å². The van der Waals surface area contributed by atoms with Gasteiger partial charge < -0.3 is 14.8 Å². The summed E-state index contributed by atoms with van der Waals surface area (Å²) in [6.45, 7) is 6.39. The normalized spacial score (nSPS) is 12.1. The molecule has 0 radical (unpaired) electrons. The second-order valence-electron chi connectivity index (χ2n) is 5.74. The summed E-state index contributed by atoms with van der Waals surface area (Å²) in [6.07, 6.45) is 1.05. The molecule has 0 heterocycles. The summed E-state index contributed by atoms with van der Waals surface area (Å²) < 4.78 is 10.6. The number of hydrogen-bond acceptors (Lipinski definition) is 3. The van der Waals surface area contributed by atoms with E-state index in [-0.39, 0.29) is 0 Å². The molecule has 1 unspecified atom stereocenters. The molecule has 0 aromatic heterocycles. The first-order valence-electron chi connectivity index (χ1n) is 8.23. The maximum Gasteiger partial charge on any atom is 0.119 e. The van der Waals surface area contributed by atoms with Crippen LogP contribution in [0.4, 0.5) is 0 Å². The summed E-state index contributed by atoms with van der Waals surface area (Å²) in [5.74, 6) is 0.888. The lowest BCUT2D eigenvalue weighted by Gasteiger charge is -2.18. The Bertz CT molecular complexity index is 563. The monoisotopic (exact) mass is 313 g/mol. The second-order valence-corrected chi connectivity index (χ2v) is 5.74. The van der Waals surface area contributed by atoms with Gasteiger partial charge in [-0.3, -0.25) is 0 Å². The number of hydrogen-bond donors (Lipinski definition) is 1. The Labute approximate surface area is 139 Å². The lowest BCUT2D eigenvalue weighted by atomic mass is 10.0. The second kappa shape index (κ2) is 9.33. The lowest BCUT2D eigenvalue weighted by Crippen LogP contribution is -2.20. The maximum absolute atomic E-state index is 5.61. The van der Waals surface area contributed by atoms with Gasteiger partial charge in [0.25, 0.3) is 0 Å². The van der Waals surface area contributed by atoms with E-state index in [0.29, 0.717) is 19.3 Å². The van der Waals surface area contributed by atoms with Gasteiger partial charge in [0.2, 0.25) is 0 Å². The fourth-order valence-electron chi connectivity index (χ4n) is 2.48. The summed E-state index contributed by atoms with van der Waals surface area (Å²) in [7, 11) is 1.68. The molecule has 0 aliphatic heterocycles. The van der Waals surface area contributed by atoms with Crippen LogP contribution in [0.15, 0.2) is 48.5 Å². The van der Waals surface area contributed by atoms with Gasteiger partial charge in [-0.2, -0.15) is 0 Å². The maximum atomic E-state index is 5.61. The van der Waals surface area contributed by atoms with Crippen LogP contribution in [0.1, 0.15) is 36.1 Å². The van der Waals surface area contributed by atoms with Gasteiger partial charge in [0.05, 0.1) is 6.61 Å². The molecule has 0 aliphatic rings. The number of benzene rings is 2. The summed E-state index contributed by atoms with van der Waals surface area (Å²) in [4.78, 5) is 0. The van der Waals surface area contributed by atoms with Gasteiger partial charge in [-0.1, -0.05) is 48.9 Å². The Hall–Kier alpha value is -1.84. The van der Waals surface area contributed by atoms with Crippen LogP contribution in [-0.2, 0) is 11.3 Å². The molecule has 0 saturated heterocycles. The molecule has 0 spiro atoms. The van der Waals surface area contributed by atoms with Gasteiger partial charge in [0.15, 0.2) is 0 Å². The molecule has 0 fully saturated rings. The molecule has 1 atom stereocenters. The predicted octanol–water partition coefficient (Wildman–Crippen LogP) is 4.26. The zero-order chi connectivity index (χ0) is 16.5. The number of nitrogens with one attached hydrogen (secondary N) is 1. The molecule has 124 valence electrons. The van der Waals surface area contributed by atoms with Crippen LogP contribution in [0, 0.1) is 6.92 Å². The van der Waals surface area contributed by atoms with Crippen LogP contribution in [0.3, 0.4) is 0 Å². The van der Waals surface area contributed by atoms with Crippen LogP contribution in [0.5, 0.6) is 5.75 Å². The van der Waals surface area contributed by atoms with Crippen molar-refractivity contribution in [2.24, 2.45) is 0 Å². The molecule has 2 rings (SSSR count). The Morgan fingerprint density at radius 3 is 2.26 bits per heavy atom. The predicted molar refractivity (Wildman–Crippen MR) is 94.9 cm³/mol. The van der Waals surface area contributed by atoms with Gasteiger partial charge in [0.1, 0.15) is 12.4 Å². The third kappa shape index (κ3) is 5.70. The Morgan fingerprint density at radius 1 is 0.957 bits per heavy atom. The van der Waals surface area contributed by atoms with Crippen LogP contribution in [0.2, 0.25) is 0 Å². The minimum Gasteiger partial charge on any atom is -0.491 e. The van der Waals surface area contributed by atoms with Gasteiger partial charge in [0, 0.05) is 19.7 Å². The average molecular weight is 313 g/mol. The van der Waals surface area contributed by atoms with Crippen LogP contribution < -0.4 is 10.1 Å². The van der Waals surface area contributed by atoms with Crippen molar-refractivity contribution in [3.05, 3.63) is 65.2 Å². The third-order valence-electron chi connectivity index (χ3n) is 3.92. The van der Waals surface area contributed by atoms with Crippen molar-refractivity contribution < 1.29 is 9.47 Å². The molecule has 3 nitrogen and oxygen atoms in total. The Balaban J connectivity index is 1.90. The van der Waals surface area contributed by atoms with E-state index < -0.39 is 0 Å². The molecule has 2 aromatic carbocycles. The summed E-state index contributed by atoms with van der Waals surface area (Å²) in [6, 6.07) is 17.4. The third-order valence-corrected chi connectivity index (χ3v) is 3.92. The number of aryl methyl sites for hydroxylation is 1. The molecule has 1 N–H and O–H groups in total. The SMILES string of the molecule is CCC(NCc1ccc(C)cc1)c1ccc(OCCOC)cc1. The van der Waals surface area contributed by atoms with E-state index in [4.69, 9.17) is 9.47 Å². The topological polar surface area (TPSA) is 30.5 Å². The first-order chi connectivity index (χ1) is 11.2. The van der Waals surface area contributed by atoms with E-state index in [1.165, 1.54) is 16.7 Å². The van der Waals surface area contributed by atoms with E-state index in [1.807, 2.05) is 12.1 Å². The summed E-state index contributed by atoms with van der Waals surface area (Å²) in [5, 5.41) is 3.63. The van der Waals surface area contributed by atoms with Crippen LogP contribution in [-0.4, -0.2) is 20.3 Å². The summed E-state index contributed by atoms with van der Waals surface area (Å²) >= 11 is 0. The molecule has 0 bridgehead atoms. The van der Waals surface area contributed by atoms with Crippen molar-refractivity contribution >= 4 is 0 Å². The number of methoxy groups -OCH3 is 1. The molecule has 0 amide bonds. The molecular formula is C20H27NO2. The van der Waals surface area contributed by atoms with Crippen molar-refractivity contribution in [3.63, 3.8) is 0 Å².